The van der Waals surface area contributed by atoms with E-state index in [2.05, 4.69) is 15.5 Å². The summed E-state index contributed by atoms with van der Waals surface area (Å²) < 4.78 is 36.9. The summed E-state index contributed by atoms with van der Waals surface area (Å²) >= 11 is 0.277. The van der Waals surface area contributed by atoms with Crippen LogP contribution in [0.1, 0.15) is 10.6 Å². The normalized spacial score (nSPS) is 11.8. The molecule has 1 heterocycles. The lowest BCUT2D eigenvalue weighted by Crippen LogP contribution is -2.07. The van der Waals surface area contributed by atoms with E-state index in [1.165, 1.54) is 6.08 Å². The number of hydrogen-bond acceptors (Lipinski definition) is 4. The Hall–Kier alpha value is -2.22. The van der Waals surface area contributed by atoms with Gasteiger partial charge in [-0.15, -0.1) is 10.2 Å². The highest BCUT2D eigenvalue weighted by Crippen LogP contribution is 2.32. The largest absolute Gasteiger partial charge is 0.445 e. The molecule has 0 saturated carbocycles. The molecule has 1 amide bonds. The van der Waals surface area contributed by atoms with Crippen molar-refractivity contribution >= 4 is 28.5 Å². The average Bonchev–Trinajstić information content (AvgIpc) is 2.86. The molecule has 0 aliphatic heterocycles. The second-order valence-corrected chi connectivity index (χ2v) is 4.62. The number of nitrogens with zero attached hydrogens (tertiary/aromatic N) is 2. The Morgan fingerprint density at radius 3 is 2.50 bits per heavy atom. The van der Waals surface area contributed by atoms with Gasteiger partial charge in [-0.1, -0.05) is 41.7 Å². The van der Waals surface area contributed by atoms with Gasteiger partial charge in [-0.05, 0) is 11.6 Å². The number of halogens is 3. The quantitative estimate of drug-likeness (QED) is 0.885. The number of nitrogens with one attached hydrogen (secondary N) is 1. The van der Waals surface area contributed by atoms with Gasteiger partial charge in [0.25, 0.3) is 0 Å². The lowest BCUT2D eigenvalue weighted by atomic mass is 10.2. The molecule has 2 rings (SSSR count). The van der Waals surface area contributed by atoms with Crippen LogP contribution in [0.15, 0.2) is 36.4 Å². The summed E-state index contributed by atoms with van der Waals surface area (Å²) in [5, 5.41) is 7.16. The van der Waals surface area contributed by atoms with Crippen LogP contribution in [0.25, 0.3) is 6.08 Å². The molecule has 0 aliphatic carbocycles. The molecular formula is C12H8F3N3OS. The summed E-state index contributed by atoms with van der Waals surface area (Å²) in [6, 6.07) is 9.01. The first-order valence-electron chi connectivity index (χ1n) is 5.40. The Kier molecular flexibility index (Phi) is 4.14. The first-order chi connectivity index (χ1) is 9.45. The number of carbonyl (C=O) groups is 1. The van der Waals surface area contributed by atoms with Crippen molar-refractivity contribution in [3.05, 3.63) is 47.0 Å². The lowest BCUT2D eigenvalue weighted by molar-refractivity contribution is -0.138. The highest BCUT2D eigenvalue weighted by atomic mass is 32.1. The Balaban J connectivity index is 1.98. The highest BCUT2D eigenvalue weighted by Gasteiger charge is 2.35. The molecule has 0 fully saturated rings. The topological polar surface area (TPSA) is 54.9 Å². The number of benzene rings is 1. The van der Waals surface area contributed by atoms with E-state index in [1.807, 2.05) is 6.07 Å². The van der Waals surface area contributed by atoms with Crippen LogP contribution in [0, 0.1) is 0 Å². The lowest BCUT2D eigenvalue weighted by Gasteiger charge is -1.98. The van der Waals surface area contributed by atoms with E-state index in [0.29, 0.717) is 0 Å². The molecule has 0 unspecified atom stereocenters. The highest BCUT2D eigenvalue weighted by molar-refractivity contribution is 7.15. The smallest absolute Gasteiger partial charge is 0.297 e. The van der Waals surface area contributed by atoms with Gasteiger partial charge in [0.15, 0.2) is 0 Å². The van der Waals surface area contributed by atoms with Gasteiger partial charge in [0.05, 0.1) is 0 Å². The first kappa shape index (κ1) is 14.2. The van der Waals surface area contributed by atoms with Gasteiger partial charge in [-0.3, -0.25) is 10.1 Å². The molecule has 0 atom stereocenters. The summed E-state index contributed by atoms with van der Waals surface area (Å²) in [5.74, 6) is -0.571. The van der Waals surface area contributed by atoms with Crippen molar-refractivity contribution in [2.45, 2.75) is 6.18 Å². The molecule has 1 N–H and O–H groups in total. The van der Waals surface area contributed by atoms with Crippen molar-refractivity contribution in [3.63, 3.8) is 0 Å². The van der Waals surface area contributed by atoms with Crippen LogP contribution in [0.2, 0.25) is 0 Å². The van der Waals surface area contributed by atoms with Gasteiger partial charge in [-0.25, -0.2) is 0 Å². The zero-order chi connectivity index (χ0) is 14.6. The summed E-state index contributed by atoms with van der Waals surface area (Å²) in [5.41, 5.74) is 0.802. The van der Waals surface area contributed by atoms with Gasteiger partial charge < -0.3 is 0 Å². The van der Waals surface area contributed by atoms with Crippen LogP contribution in [0.5, 0.6) is 0 Å². The second-order valence-electron chi connectivity index (χ2n) is 3.64. The molecule has 0 saturated heterocycles. The number of hydrogen-bond donors (Lipinski definition) is 1. The zero-order valence-electron chi connectivity index (χ0n) is 9.89. The van der Waals surface area contributed by atoms with Gasteiger partial charge >= 0.3 is 6.18 Å². The number of alkyl halides is 3. The van der Waals surface area contributed by atoms with Crippen LogP contribution in [0.3, 0.4) is 0 Å². The minimum Gasteiger partial charge on any atom is -0.297 e. The maximum Gasteiger partial charge on any atom is 0.445 e. The third kappa shape index (κ3) is 3.89. The summed E-state index contributed by atoms with van der Waals surface area (Å²) in [4.78, 5) is 11.5. The third-order valence-electron chi connectivity index (χ3n) is 2.12. The van der Waals surface area contributed by atoms with Crippen molar-refractivity contribution in [2.24, 2.45) is 0 Å². The fourth-order valence-electron chi connectivity index (χ4n) is 1.27. The number of rotatable bonds is 3. The van der Waals surface area contributed by atoms with Crippen LogP contribution in [-0.2, 0) is 11.0 Å². The van der Waals surface area contributed by atoms with Crippen molar-refractivity contribution in [2.75, 3.05) is 5.32 Å². The SMILES string of the molecule is O=C(/C=C/c1ccccc1)Nc1nnc(C(F)(F)F)s1. The molecule has 0 aliphatic rings. The van der Waals surface area contributed by atoms with Crippen molar-refractivity contribution in [3.8, 4) is 0 Å². The first-order valence-corrected chi connectivity index (χ1v) is 6.21. The van der Waals surface area contributed by atoms with E-state index in [4.69, 9.17) is 0 Å². The second kappa shape index (κ2) is 5.83. The van der Waals surface area contributed by atoms with Gasteiger partial charge in [0, 0.05) is 6.08 Å². The summed E-state index contributed by atoms with van der Waals surface area (Å²) in [7, 11) is 0. The number of anilines is 1. The van der Waals surface area contributed by atoms with Gasteiger partial charge in [0.2, 0.25) is 16.0 Å². The van der Waals surface area contributed by atoms with E-state index >= 15 is 0 Å². The Morgan fingerprint density at radius 2 is 1.90 bits per heavy atom. The molecule has 1 aromatic heterocycles. The van der Waals surface area contributed by atoms with Gasteiger partial charge in [-0.2, -0.15) is 13.2 Å². The molecule has 0 bridgehead atoms. The molecule has 1 aromatic carbocycles. The minimum atomic E-state index is -4.56. The molecule has 104 valence electrons. The maximum atomic E-state index is 12.3. The summed E-state index contributed by atoms with van der Waals surface area (Å²) in [6.07, 6.45) is -1.80. The fourth-order valence-corrected chi connectivity index (χ4v) is 1.89. The van der Waals surface area contributed by atoms with Crippen LogP contribution >= 0.6 is 11.3 Å². The molecule has 4 nitrogen and oxygen atoms in total. The Labute approximate surface area is 116 Å². The Morgan fingerprint density at radius 1 is 1.20 bits per heavy atom. The molecule has 2 aromatic rings. The van der Waals surface area contributed by atoms with E-state index in [-0.39, 0.29) is 16.5 Å². The number of carbonyl (C=O) groups excluding carboxylic acids is 1. The van der Waals surface area contributed by atoms with Crippen LogP contribution in [-0.4, -0.2) is 16.1 Å². The Bertz CT molecular complexity index is 622. The third-order valence-corrected chi connectivity index (χ3v) is 3.01. The van der Waals surface area contributed by atoms with E-state index in [1.54, 1.807) is 30.3 Å². The standard InChI is InChI=1S/C12H8F3N3OS/c13-12(14,15)10-17-18-11(20-10)16-9(19)7-6-8-4-2-1-3-5-8/h1-7H,(H,16,18,19)/b7-6+. The predicted octanol–water partition coefficient (Wildman–Crippen LogP) is 3.21. The van der Waals surface area contributed by atoms with E-state index in [0.717, 1.165) is 5.56 Å². The average molecular weight is 299 g/mol. The van der Waals surface area contributed by atoms with Crippen molar-refractivity contribution in [1.82, 2.24) is 10.2 Å². The zero-order valence-corrected chi connectivity index (χ0v) is 10.7. The molecular weight excluding hydrogens is 291 g/mol. The van der Waals surface area contributed by atoms with Crippen molar-refractivity contribution in [1.29, 1.82) is 0 Å². The summed E-state index contributed by atoms with van der Waals surface area (Å²) in [6.45, 7) is 0. The van der Waals surface area contributed by atoms with Crippen molar-refractivity contribution < 1.29 is 18.0 Å². The van der Waals surface area contributed by atoms with Gasteiger partial charge in [0.1, 0.15) is 0 Å². The molecule has 0 spiro atoms. The number of aromatic nitrogens is 2. The molecule has 20 heavy (non-hydrogen) atoms. The minimum absolute atomic E-state index is 0.194. The molecule has 0 radical (unpaired) electrons. The maximum absolute atomic E-state index is 12.3. The molecule has 8 heteroatoms. The monoisotopic (exact) mass is 299 g/mol. The van der Waals surface area contributed by atoms with E-state index < -0.39 is 17.1 Å². The van der Waals surface area contributed by atoms with Crippen LogP contribution in [0.4, 0.5) is 18.3 Å². The predicted molar refractivity (Wildman–Crippen MR) is 69.0 cm³/mol. The van der Waals surface area contributed by atoms with E-state index in [9.17, 15) is 18.0 Å². The van der Waals surface area contributed by atoms with Crippen LogP contribution < -0.4 is 5.32 Å². The number of amides is 1. The fraction of sp³-hybridized carbons (Fsp3) is 0.0833.